The first-order chi connectivity index (χ1) is 10.1. The minimum atomic E-state index is -0.214. The Morgan fingerprint density at radius 2 is 2.00 bits per heavy atom. The molecular weight excluding hydrogens is 267 g/mol. The molecular formula is C17H23FN2O. The number of carbonyl (C=O) groups is 1. The first-order valence-corrected chi connectivity index (χ1v) is 7.98. The van der Waals surface area contributed by atoms with Gasteiger partial charge in [0.1, 0.15) is 5.82 Å². The van der Waals surface area contributed by atoms with Crippen molar-refractivity contribution >= 4 is 17.3 Å². The molecule has 0 radical (unpaired) electrons. The average Bonchev–Trinajstić information content (AvgIpc) is 2.47. The summed E-state index contributed by atoms with van der Waals surface area (Å²) in [5.74, 6) is 1.26. The molecule has 1 aromatic rings. The second kappa shape index (κ2) is 6.04. The Hall–Kier alpha value is -1.58. The van der Waals surface area contributed by atoms with E-state index in [0.29, 0.717) is 24.4 Å². The van der Waals surface area contributed by atoms with E-state index in [1.165, 1.54) is 25.7 Å². The normalized spacial score (nSPS) is 25.1. The fraction of sp³-hybridized carbons (Fsp3) is 0.588. The van der Waals surface area contributed by atoms with Crippen molar-refractivity contribution in [1.82, 2.24) is 0 Å². The third-order valence-electron chi connectivity index (χ3n) is 4.80. The van der Waals surface area contributed by atoms with Gasteiger partial charge >= 0.3 is 0 Å². The fourth-order valence-corrected chi connectivity index (χ4v) is 3.32. The number of anilines is 2. The van der Waals surface area contributed by atoms with Crippen LogP contribution in [0, 0.1) is 17.7 Å². The zero-order valence-electron chi connectivity index (χ0n) is 12.5. The monoisotopic (exact) mass is 290 g/mol. The first-order valence-electron chi connectivity index (χ1n) is 7.98. The van der Waals surface area contributed by atoms with Crippen LogP contribution in [0.3, 0.4) is 0 Å². The van der Waals surface area contributed by atoms with Gasteiger partial charge in [-0.3, -0.25) is 4.79 Å². The molecule has 4 heteroatoms. The zero-order valence-corrected chi connectivity index (χ0v) is 12.5. The largest absolute Gasteiger partial charge is 0.382 e. The molecule has 0 aromatic heterocycles. The van der Waals surface area contributed by atoms with Crippen molar-refractivity contribution in [3.8, 4) is 0 Å². The van der Waals surface area contributed by atoms with Gasteiger partial charge in [0.2, 0.25) is 5.91 Å². The van der Waals surface area contributed by atoms with Crippen molar-refractivity contribution in [3.63, 3.8) is 0 Å². The van der Waals surface area contributed by atoms with Crippen LogP contribution >= 0.6 is 0 Å². The lowest BCUT2D eigenvalue weighted by Crippen LogP contribution is -2.22. The lowest BCUT2D eigenvalue weighted by atomic mass is 9.83. The topological polar surface area (TPSA) is 41.1 Å². The SMILES string of the molecule is CC1CCC(CNc2cc3c(cc2F)CCC(=O)N3)CC1. The lowest BCUT2D eigenvalue weighted by molar-refractivity contribution is -0.116. The summed E-state index contributed by atoms with van der Waals surface area (Å²) in [5, 5.41) is 6.06. The van der Waals surface area contributed by atoms with Gasteiger partial charge in [0.15, 0.2) is 0 Å². The van der Waals surface area contributed by atoms with Crippen LogP contribution in [-0.2, 0) is 11.2 Å². The number of halogens is 1. The highest BCUT2D eigenvalue weighted by molar-refractivity contribution is 5.94. The highest BCUT2D eigenvalue weighted by Gasteiger charge is 2.20. The molecule has 0 saturated heterocycles. The summed E-state index contributed by atoms with van der Waals surface area (Å²) >= 11 is 0. The van der Waals surface area contributed by atoms with E-state index in [-0.39, 0.29) is 11.7 Å². The molecule has 2 aliphatic rings. The Morgan fingerprint density at radius 1 is 1.24 bits per heavy atom. The van der Waals surface area contributed by atoms with Crippen LogP contribution in [0.1, 0.15) is 44.6 Å². The molecule has 114 valence electrons. The van der Waals surface area contributed by atoms with Crippen molar-refractivity contribution in [2.75, 3.05) is 17.2 Å². The van der Waals surface area contributed by atoms with E-state index < -0.39 is 0 Å². The third-order valence-corrected chi connectivity index (χ3v) is 4.80. The first kappa shape index (κ1) is 14.4. The molecule has 1 aliphatic heterocycles. The highest BCUT2D eigenvalue weighted by Crippen LogP contribution is 2.31. The van der Waals surface area contributed by atoms with Crippen molar-refractivity contribution < 1.29 is 9.18 Å². The van der Waals surface area contributed by atoms with E-state index in [0.717, 1.165) is 23.7 Å². The summed E-state index contributed by atoms with van der Waals surface area (Å²) < 4.78 is 14.1. The molecule has 2 N–H and O–H groups in total. The molecule has 0 unspecified atom stereocenters. The van der Waals surface area contributed by atoms with E-state index in [9.17, 15) is 9.18 Å². The van der Waals surface area contributed by atoms with E-state index in [4.69, 9.17) is 0 Å². The molecule has 1 fully saturated rings. The van der Waals surface area contributed by atoms with Crippen LogP contribution in [0.25, 0.3) is 0 Å². The van der Waals surface area contributed by atoms with Gasteiger partial charge in [-0.2, -0.15) is 0 Å². The lowest BCUT2D eigenvalue weighted by Gasteiger charge is -2.27. The number of hydrogen-bond donors (Lipinski definition) is 2. The summed E-state index contributed by atoms with van der Waals surface area (Å²) in [6.07, 6.45) is 6.05. The van der Waals surface area contributed by atoms with Gasteiger partial charge in [-0.15, -0.1) is 0 Å². The standard InChI is InChI=1S/C17H23FN2O/c1-11-2-4-12(5-3-11)10-19-16-9-15-13(8-14(16)18)6-7-17(21)20-15/h8-9,11-12,19H,2-7,10H2,1H3,(H,20,21). The van der Waals surface area contributed by atoms with Crippen LogP contribution < -0.4 is 10.6 Å². The van der Waals surface area contributed by atoms with Crippen LogP contribution in [-0.4, -0.2) is 12.5 Å². The summed E-state index contributed by atoms with van der Waals surface area (Å²) in [5.41, 5.74) is 2.16. The third kappa shape index (κ3) is 3.36. The molecule has 3 rings (SSSR count). The molecule has 1 heterocycles. The summed E-state index contributed by atoms with van der Waals surface area (Å²) in [6, 6.07) is 3.30. The fourth-order valence-electron chi connectivity index (χ4n) is 3.32. The Kier molecular flexibility index (Phi) is 4.13. The predicted octanol–water partition coefficient (Wildman–Crippen LogP) is 3.95. The Balaban J connectivity index is 1.65. The molecule has 3 nitrogen and oxygen atoms in total. The van der Waals surface area contributed by atoms with Crippen molar-refractivity contribution in [1.29, 1.82) is 0 Å². The summed E-state index contributed by atoms with van der Waals surface area (Å²) in [6.45, 7) is 3.12. The van der Waals surface area contributed by atoms with Gasteiger partial charge in [0, 0.05) is 18.7 Å². The Bertz CT molecular complexity index is 536. The number of fused-ring (bicyclic) bond motifs is 1. The Morgan fingerprint density at radius 3 is 2.76 bits per heavy atom. The van der Waals surface area contributed by atoms with Crippen LogP contribution in [0.15, 0.2) is 12.1 Å². The summed E-state index contributed by atoms with van der Waals surface area (Å²) in [4.78, 5) is 11.4. The highest BCUT2D eigenvalue weighted by atomic mass is 19.1. The number of nitrogens with one attached hydrogen (secondary N) is 2. The average molecular weight is 290 g/mol. The van der Waals surface area contributed by atoms with Gasteiger partial charge in [-0.1, -0.05) is 19.8 Å². The number of benzene rings is 1. The molecule has 21 heavy (non-hydrogen) atoms. The van der Waals surface area contributed by atoms with Crippen molar-refractivity contribution in [2.45, 2.75) is 45.4 Å². The number of amides is 1. The number of aryl methyl sites for hydroxylation is 1. The van der Waals surface area contributed by atoms with Crippen LogP contribution in [0.2, 0.25) is 0 Å². The molecule has 1 saturated carbocycles. The van der Waals surface area contributed by atoms with Gasteiger partial charge < -0.3 is 10.6 Å². The molecule has 1 aromatic carbocycles. The van der Waals surface area contributed by atoms with Gasteiger partial charge in [-0.05, 0) is 48.8 Å². The molecule has 1 amide bonds. The second-order valence-electron chi connectivity index (χ2n) is 6.54. The number of hydrogen-bond acceptors (Lipinski definition) is 2. The molecule has 0 atom stereocenters. The quantitative estimate of drug-likeness (QED) is 0.885. The van der Waals surface area contributed by atoms with E-state index in [1.54, 1.807) is 12.1 Å². The maximum Gasteiger partial charge on any atom is 0.224 e. The van der Waals surface area contributed by atoms with Crippen molar-refractivity contribution in [2.24, 2.45) is 11.8 Å². The van der Waals surface area contributed by atoms with Crippen molar-refractivity contribution in [3.05, 3.63) is 23.5 Å². The van der Waals surface area contributed by atoms with Gasteiger partial charge in [0.25, 0.3) is 0 Å². The van der Waals surface area contributed by atoms with Gasteiger partial charge in [0.05, 0.1) is 5.69 Å². The maximum absolute atomic E-state index is 14.1. The predicted molar refractivity (Wildman–Crippen MR) is 83.0 cm³/mol. The molecule has 1 aliphatic carbocycles. The maximum atomic E-state index is 14.1. The molecule has 0 bridgehead atoms. The minimum absolute atomic E-state index is 0.0151. The Labute approximate surface area is 125 Å². The number of carbonyl (C=O) groups excluding carboxylic acids is 1. The summed E-state index contributed by atoms with van der Waals surface area (Å²) in [7, 11) is 0. The van der Waals surface area contributed by atoms with E-state index in [2.05, 4.69) is 17.6 Å². The smallest absolute Gasteiger partial charge is 0.224 e. The van der Waals surface area contributed by atoms with Crippen LogP contribution in [0.4, 0.5) is 15.8 Å². The number of rotatable bonds is 3. The van der Waals surface area contributed by atoms with Gasteiger partial charge in [-0.25, -0.2) is 4.39 Å². The van der Waals surface area contributed by atoms with Crippen LogP contribution in [0.5, 0.6) is 0 Å². The minimum Gasteiger partial charge on any atom is -0.382 e. The zero-order chi connectivity index (χ0) is 14.8. The van der Waals surface area contributed by atoms with E-state index in [1.807, 2.05) is 0 Å². The second-order valence-corrected chi connectivity index (χ2v) is 6.54. The van der Waals surface area contributed by atoms with E-state index >= 15 is 0 Å². The molecule has 0 spiro atoms.